The number of rotatable bonds is 5. The third-order valence-electron chi connectivity index (χ3n) is 4.69. The summed E-state index contributed by atoms with van der Waals surface area (Å²) in [4.78, 5) is 15.7. The number of nitrogens with zero attached hydrogens (tertiary/aromatic N) is 5. The second kappa shape index (κ2) is 7.70. The Morgan fingerprint density at radius 2 is 1.97 bits per heavy atom. The number of sulfone groups is 1. The maximum absolute atomic E-state index is 13.4. The number of hydrogen-bond acceptors (Lipinski definition) is 6. The number of benzene rings is 2. The molecule has 1 aliphatic rings. The average Bonchev–Trinajstić information content (AvgIpc) is 3.29. The van der Waals surface area contributed by atoms with Crippen molar-refractivity contribution in [2.24, 2.45) is 0 Å². The van der Waals surface area contributed by atoms with Gasteiger partial charge >= 0.3 is 0 Å². The van der Waals surface area contributed by atoms with Gasteiger partial charge in [-0.2, -0.15) is 4.80 Å². The molecule has 0 bridgehead atoms. The van der Waals surface area contributed by atoms with Crippen LogP contribution in [0.2, 0.25) is 0 Å². The van der Waals surface area contributed by atoms with Crippen molar-refractivity contribution < 1.29 is 17.6 Å². The first kappa shape index (κ1) is 19.2. The van der Waals surface area contributed by atoms with Crippen molar-refractivity contribution in [3.05, 3.63) is 60.4 Å². The monoisotopic (exact) mass is 415 g/mol. The highest BCUT2D eigenvalue weighted by molar-refractivity contribution is 7.91. The molecule has 2 aromatic carbocycles. The molecule has 2 heterocycles. The Labute approximate surface area is 166 Å². The van der Waals surface area contributed by atoms with Crippen molar-refractivity contribution in [3.8, 4) is 11.4 Å². The molecule has 10 heteroatoms. The van der Waals surface area contributed by atoms with E-state index < -0.39 is 21.7 Å². The normalized spacial score (nSPS) is 17.9. The molecule has 1 aliphatic heterocycles. The summed E-state index contributed by atoms with van der Waals surface area (Å²) in [5, 5.41) is 11.9. The highest BCUT2D eigenvalue weighted by Crippen LogP contribution is 2.25. The summed E-state index contributed by atoms with van der Waals surface area (Å²) in [6.07, 6.45) is 0.377. The van der Waals surface area contributed by atoms with E-state index in [0.717, 1.165) is 4.80 Å². The van der Waals surface area contributed by atoms with E-state index >= 15 is 0 Å². The van der Waals surface area contributed by atoms with Gasteiger partial charge in [-0.15, -0.1) is 10.2 Å². The van der Waals surface area contributed by atoms with Crippen molar-refractivity contribution in [1.29, 1.82) is 0 Å². The van der Waals surface area contributed by atoms with Gasteiger partial charge in [0.15, 0.2) is 9.84 Å². The minimum atomic E-state index is -3.17. The fraction of sp³-hybridized carbons (Fsp3) is 0.263. The Morgan fingerprint density at radius 1 is 1.17 bits per heavy atom. The molecule has 1 amide bonds. The van der Waals surface area contributed by atoms with Gasteiger partial charge in [-0.05, 0) is 35.9 Å². The van der Waals surface area contributed by atoms with E-state index in [9.17, 15) is 17.6 Å². The summed E-state index contributed by atoms with van der Waals surface area (Å²) in [5.74, 6) is -0.590. The molecule has 8 nitrogen and oxygen atoms in total. The number of anilines is 1. The van der Waals surface area contributed by atoms with Gasteiger partial charge in [-0.1, -0.05) is 30.3 Å². The van der Waals surface area contributed by atoms with Gasteiger partial charge in [0, 0.05) is 11.3 Å². The molecule has 0 spiro atoms. The molecule has 3 aromatic rings. The van der Waals surface area contributed by atoms with Crippen LogP contribution in [0.15, 0.2) is 54.6 Å². The van der Waals surface area contributed by atoms with Crippen LogP contribution in [0.4, 0.5) is 10.1 Å². The minimum Gasteiger partial charge on any atom is -0.307 e. The fourth-order valence-corrected chi connectivity index (χ4v) is 5.08. The molecule has 150 valence electrons. The maximum Gasteiger partial charge on any atom is 0.250 e. The lowest BCUT2D eigenvalue weighted by atomic mass is 10.2. The van der Waals surface area contributed by atoms with Crippen LogP contribution < -0.4 is 4.90 Å². The zero-order chi connectivity index (χ0) is 20.4. The number of halogens is 1. The number of hydrogen-bond donors (Lipinski definition) is 0. The van der Waals surface area contributed by atoms with Crippen LogP contribution in [-0.4, -0.2) is 52.1 Å². The fourth-order valence-electron chi connectivity index (χ4n) is 3.38. The number of amides is 1. The SMILES string of the molecule is O=C(Cn1nnc(-c2cccc(F)c2)n1)N(c1ccccc1)C1CCS(=O)(=O)C1. The summed E-state index contributed by atoms with van der Waals surface area (Å²) in [5.41, 5.74) is 1.07. The largest absolute Gasteiger partial charge is 0.307 e. The molecule has 0 saturated carbocycles. The summed E-state index contributed by atoms with van der Waals surface area (Å²) in [6, 6.07) is 14.2. The van der Waals surface area contributed by atoms with Crippen molar-refractivity contribution in [2.75, 3.05) is 16.4 Å². The summed E-state index contributed by atoms with van der Waals surface area (Å²) in [7, 11) is -3.17. The van der Waals surface area contributed by atoms with Crippen molar-refractivity contribution in [2.45, 2.75) is 19.0 Å². The zero-order valence-electron chi connectivity index (χ0n) is 15.3. The smallest absolute Gasteiger partial charge is 0.250 e. The molecule has 29 heavy (non-hydrogen) atoms. The van der Waals surface area contributed by atoms with Gasteiger partial charge in [0.1, 0.15) is 12.4 Å². The summed E-state index contributed by atoms with van der Waals surface area (Å²) >= 11 is 0. The molecule has 1 unspecified atom stereocenters. The first-order chi connectivity index (χ1) is 13.9. The molecule has 1 saturated heterocycles. The lowest BCUT2D eigenvalue weighted by Crippen LogP contribution is -2.43. The Hall–Kier alpha value is -3.14. The van der Waals surface area contributed by atoms with E-state index in [1.54, 1.807) is 30.3 Å². The number of aromatic nitrogens is 4. The summed E-state index contributed by atoms with van der Waals surface area (Å²) < 4.78 is 37.3. The van der Waals surface area contributed by atoms with Gasteiger partial charge in [0.2, 0.25) is 5.82 Å². The van der Waals surface area contributed by atoms with Crippen LogP contribution in [-0.2, 0) is 21.2 Å². The van der Waals surface area contributed by atoms with Crippen molar-refractivity contribution in [1.82, 2.24) is 20.2 Å². The van der Waals surface area contributed by atoms with Crippen LogP contribution in [0.5, 0.6) is 0 Å². The third kappa shape index (κ3) is 4.32. The van der Waals surface area contributed by atoms with Crippen LogP contribution in [0.25, 0.3) is 11.4 Å². The molecule has 1 fully saturated rings. The van der Waals surface area contributed by atoms with Crippen LogP contribution >= 0.6 is 0 Å². The predicted molar refractivity (Wildman–Crippen MR) is 104 cm³/mol. The Balaban J connectivity index is 1.57. The molecule has 0 N–H and O–H groups in total. The quantitative estimate of drug-likeness (QED) is 0.629. The lowest BCUT2D eigenvalue weighted by Gasteiger charge is -2.28. The number of carbonyl (C=O) groups is 1. The molecule has 0 aliphatic carbocycles. The Morgan fingerprint density at radius 3 is 2.66 bits per heavy atom. The number of tetrazole rings is 1. The maximum atomic E-state index is 13.4. The number of para-hydroxylation sites is 1. The van der Waals surface area contributed by atoms with Gasteiger partial charge in [0.25, 0.3) is 5.91 Å². The van der Waals surface area contributed by atoms with Gasteiger partial charge in [0.05, 0.1) is 17.5 Å². The van der Waals surface area contributed by atoms with E-state index in [4.69, 9.17) is 0 Å². The van der Waals surface area contributed by atoms with E-state index in [1.165, 1.54) is 23.1 Å². The van der Waals surface area contributed by atoms with Crippen LogP contribution in [0, 0.1) is 5.82 Å². The van der Waals surface area contributed by atoms with Gasteiger partial charge < -0.3 is 4.90 Å². The summed E-state index contributed by atoms with van der Waals surface area (Å²) in [6.45, 7) is -0.215. The molecule has 1 atom stereocenters. The van der Waals surface area contributed by atoms with Crippen molar-refractivity contribution in [3.63, 3.8) is 0 Å². The van der Waals surface area contributed by atoms with E-state index in [-0.39, 0.29) is 29.8 Å². The average molecular weight is 415 g/mol. The first-order valence-corrected chi connectivity index (χ1v) is 10.8. The Kier molecular flexibility index (Phi) is 5.10. The second-order valence-electron chi connectivity index (χ2n) is 6.81. The topological polar surface area (TPSA) is 98.1 Å². The van der Waals surface area contributed by atoms with E-state index in [2.05, 4.69) is 15.4 Å². The number of carbonyl (C=O) groups excluding carboxylic acids is 1. The molecule has 4 rings (SSSR count). The Bertz CT molecular complexity index is 1130. The van der Waals surface area contributed by atoms with Crippen LogP contribution in [0.1, 0.15) is 6.42 Å². The van der Waals surface area contributed by atoms with E-state index in [1.807, 2.05) is 6.07 Å². The highest BCUT2D eigenvalue weighted by Gasteiger charge is 2.35. The standard InChI is InChI=1S/C19H18FN5O3S/c20-15-6-4-5-14(11-15)19-21-23-24(22-19)12-18(26)25(16-7-2-1-3-8-16)17-9-10-29(27,28)13-17/h1-8,11,17H,9-10,12-13H2. The molecule has 1 aromatic heterocycles. The molecular weight excluding hydrogens is 397 g/mol. The highest BCUT2D eigenvalue weighted by atomic mass is 32.2. The van der Waals surface area contributed by atoms with Gasteiger partial charge in [-0.3, -0.25) is 4.79 Å². The first-order valence-electron chi connectivity index (χ1n) is 9.02. The lowest BCUT2D eigenvalue weighted by molar-refractivity contribution is -0.120. The van der Waals surface area contributed by atoms with E-state index in [0.29, 0.717) is 17.7 Å². The molecular formula is C19H18FN5O3S. The van der Waals surface area contributed by atoms with Gasteiger partial charge in [-0.25, -0.2) is 12.8 Å². The molecule has 0 radical (unpaired) electrons. The zero-order valence-corrected chi connectivity index (χ0v) is 16.2. The van der Waals surface area contributed by atoms with Crippen molar-refractivity contribution >= 4 is 21.4 Å². The minimum absolute atomic E-state index is 0.0551. The second-order valence-corrected chi connectivity index (χ2v) is 9.04. The third-order valence-corrected chi connectivity index (χ3v) is 6.44. The van der Waals surface area contributed by atoms with Crippen LogP contribution in [0.3, 0.4) is 0 Å². The predicted octanol–water partition coefficient (Wildman–Crippen LogP) is 1.70.